The SMILES string of the molecule is C=C(CN)c1scc(C)c1Br. The molecule has 60 valence electrons. The molecule has 0 aliphatic rings. The van der Waals surface area contributed by atoms with Gasteiger partial charge in [-0.25, -0.2) is 0 Å². The molecule has 0 bridgehead atoms. The second-order valence-electron chi connectivity index (χ2n) is 2.37. The molecule has 0 saturated heterocycles. The van der Waals surface area contributed by atoms with Gasteiger partial charge in [0.25, 0.3) is 0 Å². The van der Waals surface area contributed by atoms with Gasteiger partial charge >= 0.3 is 0 Å². The van der Waals surface area contributed by atoms with Gasteiger partial charge in [-0.2, -0.15) is 0 Å². The first-order chi connectivity index (χ1) is 5.16. The van der Waals surface area contributed by atoms with Gasteiger partial charge in [0.1, 0.15) is 0 Å². The van der Waals surface area contributed by atoms with Crippen molar-refractivity contribution in [3.8, 4) is 0 Å². The maximum atomic E-state index is 5.47. The largest absolute Gasteiger partial charge is 0.326 e. The van der Waals surface area contributed by atoms with Crippen LogP contribution < -0.4 is 5.73 Å². The van der Waals surface area contributed by atoms with Crippen LogP contribution in [-0.4, -0.2) is 6.54 Å². The summed E-state index contributed by atoms with van der Waals surface area (Å²) in [6, 6.07) is 0. The molecule has 1 aromatic heterocycles. The van der Waals surface area contributed by atoms with E-state index in [0.717, 1.165) is 10.0 Å². The highest BCUT2D eigenvalue weighted by atomic mass is 79.9. The number of thiophene rings is 1. The Kier molecular flexibility index (Phi) is 2.87. The molecule has 0 aromatic carbocycles. The van der Waals surface area contributed by atoms with Crippen molar-refractivity contribution in [3.63, 3.8) is 0 Å². The van der Waals surface area contributed by atoms with Crippen molar-refractivity contribution in [1.29, 1.82) is 0 Å². The summed E-state index contributed by atoms with van der Waals surface area (Å²) < 4.78 is 1.14. The first kappa shape index (κ1) is 8.97. The third-order valence-electron chi connectivity index (χ3n) is 1.47. The molecule has 0 atom stereocenters. The number of aryl methyl sites for hydroxylation is 1. The molecule has 0 aliphatic heterocycles. The van der Waals surface area contributed by atoms with E-state index in [-0.39, 0.29) is 0 Å². The third kappa shape index (κ3) is 1.72. The number of nitrogens with two attached hydrogens (primary N) is 1. The molecule has 1 aromatic rings. The zero-order chi connectivity index (χ0) is 8.43. The van der Waals surface area contributed by atoms with Gasteiger partial charge in [0, 0.05) is 15.9 Å². The fourth-order valence-corrected chi connectivity index (χ4v) is 2.51. The van der Waals surface area contributed by atoms with Crippen molar-refractivity contribution in [2.75, 3.05) is 6.54 Å². The van der Waals surface area contributed by atoms with Crippen LogP contribution in [0, 0.1) is 6.92 Å². The van der Waals surface area contributed by atoms with E-state index in [1.807, 2.05) is 0 Å². The minimum Gasteiger partial charge on any atom is -0.326 e. The number of hydrogen-bond acceptors (Lipinski definition) is 2. The molecule has 1 heterocycles. The lowest BCUT2D eigenvalue weighted by Gasteiger charge is -1.98. The normalized spacial score (nSPS) is 10.1. The second kappa shape index (κ2) is 3.52. The third-order valence-corrected chi connectivity index (χ3v) is 3.95. The lowest BCUT2D eigenvalue weighted by Crippen LogP contribution is -1.99. The van der Waals surface area contributed by atoms with Crippen molar-refractivity contribution in [2.24, 2.45) is 5.73 Å². The van der Waals surface area contributed by atoms with Crippen molar-refractivity contribution in [2.45, 2.75) is 6.92 Å². The van der Waals surface area contributed by atoms with E-state index in [0.29, 0.717) is 6.54 Å². The zero-order valence-corrected chi connectivity index (χ0v) is 8.76. The van der Waals surface area contributed by atoms with Crippen LogP contribution in [0.1, 0.15) is 10.4 Å². The van der Waals surface area contributed by atoms with E-state index >= 15 is 0 Å². The Morgan fingerprint density at radius 3 is 2.82 bits per heavy atom. The standard InChI is InChI=1S/C8H10BrNS/c1-5(3-10)8-7(9)6(2)4-11-8/h4H,1,3,10H2,2H3. The van der Waals surface area contributed by atoms with E-state index in [9.17, 15) is 0 Å². The van der Waals surface area contributed by atoms with E-state index < -0.39 is 0 Å². The van der Waals surface area contributed by atoms with Gasteiger partial charge in [0.2, 0.25) is 0 Å². The van der Waals surface area contributed by atoms with Gasteiger partial charge in [-0.1, -0.05) is 6.58 Å². The molecule has 11 heavy (non-hydrogen) atoms. The van der Waals surface area contributed by atoms with Crippen LogP contribution >= 0.6 is 27.3 Å². The zero-order valence-electron chi connectivity index (χ0n) is 6.36. The predicted molar refractivity (Wildman–Crippen MR) is 54.8 cm³/mol. The first-order valence-corrected chi connectivity index (χ1v) is 4.96. The Bertz CT molecular complexity index is 278. The monoisotopic (exact) mass is 231 g/mol. The van der Waals surface area contributed by atoms with Crippen LogP contribution in [0.4, 0.5) is 0 Å². The molecule has 1 rings (SSSR count). The summed E-state index contributed by atoms with van der Waals surface area (Å²) in [5.74, 6) is 0. The molecule has 0 radical (unpaired) electrons. The molecule has 0 fully saturated rings. The topological polar surface area (TPSA) is 26.0 Å². The maximum Gasteiger partial charge on any atom is 0.0454 e. The number of rotatable bonds is 2. The average Bonchev–Trinajstić information content (AvgIpc) is 2.32. The van der Waals surface area contributed by atoms with E-state index in [1.165, 1.54) is 10.4 Å². The van der Waals surface area contributed by atoms with Crippen molar-refractivity contribution in [3.05, 3.63) is 26.9 Å². The van der Waals surface area contributed by atoms with Gasteiger partial charge in [-0.15, -0.1) is 11.3 Å². The van der Waals surface area contributed by atoms with Crippen LogP contribution in [0.2, 0.25) is 0 Å². The molecule has 0 aliphatic carbocycles. The quantitative estimate of drug-likeness (QED) is 0.833. The minimum absolute atomic E-state index is 0.526. The van der Waals surface area contributed by atoms with Crippen LogP contribution in [-0.2, 0) is 0 Å². The van der Waals surface area contributed by atoms with Crippen LogP contribution in [0.3, 0.4) is 0 Å². The van der Waals surface area contributed by atoms with Crippen molar-refractivity contribution in [1.82, 2.24) is 0 Å². The van der Waals surface area contributed by atoms with Gasteiger partial charge in [0.15, 0.2) is 0 Å². The van der Waals surface area contributed by atoms with Gasteiger partial charge in [-0.05, 0) is 39.4 Å². The molecule has 0 amide bonds. The minimum atomic E-state index is 0.526. The van der Waals surface area contributed by atoms with Gasteiger partial charge in [-0.3, -0.25) is 0 Å². The Hall–Kier alpha value is -0.120. The molecule has 3 heteroatoms. The molecule has 0 unspecified atom stereocenters. The highest BCUT2D eigenvalue weighted by molar-refractivity contribution is 9.10. The lowest BCUT2D eigenvalue weighted by atomic mass is 10.2. The highest BCUT2D eigenvalue weighted by Crippen LogP contribution is 2.31. The van der Waals surface area contributed by atoms with Gasteiger partial charge < -0.3 is 5.73 Å². The molecule has 0 spiro atoms. The van der Waals surface area contributed by atoms with Crippen LogP contribution in [0.5, 0.6) is 0 Å². The molecular weight excluding hydrogens is 222 g/mol. The number of hydrogen-bond donors (Lipinski definition) is 1. The molecular formula is C8H10BrNS. The summed E-state index contributed by atoms with van der Waals surface area (Å²) in [6.45, 7) is 6.46. The summed E-state index contributed by atoms with van der Waals surface area (Å²) in [6.07, 6.45) is 0. The average molecular weight is 232 g/mol. The number of halogens is 1. The van der Waals surface area contributed by atoms with Crippen molar-refractivity contribution >= 4 is 32.8 Å². The fraction of sp³-hybridized carbons (Fsp3) is 0.250. The second-order valence-corrected chi connectivity index (χ2v) is 4.04. The molecule has 1 nitrogen and oxygen atoms in total. The Morgan fingerprint density at radius 1 is 1.82 bits per heavy atom. The van der Waals surface area contributed by atoms with E-state index in [1.54, 1.807) is 11.3 Å². The first-order valence-electron chi connectivity index (χ1n) is 3.28. The lowest BCUT2D eigenvalue weighted by molar-refractivity contribution is 1.28. The maximum absolute atomic E-state index is 5.47. The molecule has 0 saturated carbocycles. The van der Waals surface area contributed by atoms with Crippen LogP contribution in [0.15, 0.2) is 16.4 Å². The van der Waals surface area contributed by atoms with Crippen molar-refractivity contribution < 1.29 is 0 Å². The van der Waals surface area contributed by atoms with Crippen LogP contribution in [0.25, 0.3) is 5.57 Å². The Balaban J connectivity index is 3.04. The highest BCUT2D eigenvalue weighted by Gasteiger charge is 2.06. The summed E-state index contributed by atoms with van der Waals surface area (Å²) in [7, 11) is 0. The van der Waals surface area contributed by atoms with E-state index in [2.05, 4.69) is 34.8 Å². The molecule has 2 N–H and O–H groups in total. The predicted octanol–water partition coefficient (Wildman–Crippen LogP) is 2.79. The summed E-state index contributed by atoms with van der Waals surface area (Å²) in [4.78, 5) is 1.17. The fourth-order valence-electron chi connectivity index (χ4n) is 0.761. The van der Waals surface area contributed by atoms with E-state index in [4.69, 9.17) is 5.73 Å². The smallest absolute Gasteiger partial charge is 0.0454 e. The Morgan fingerprint density at radius 2 is 2.45 bits per heavy atom. The summed E-state index contributed by atoms with van der Waals surface area (Å²) in [5, 5.41) is 2.10. The summed E-state index contributed by atoms with van der Waals surface area (Å²) in [5.41, 5.74) is 7.71. The summed E-state index contributed by atoms with van der Waals surface area (Å²) >= 11 is 5.17. The van der Waals surface area contributed by atoms with Gasteiger partial charge in [0.05, 0.1) is 0 Å². The Labute approximate surface area is 79.0 Å².